The van der Waals surface area contributed by atoms with Crippen molar-refractivity contribution in [2.45, 2.75) is 104 Å². The summed E-state index contributed by atoms with van der Waals surface area (Å²) in [7, 11) is 4.85. The summed E-state index contributed by atoms with van der Waals surface area (Å²) >= 11 is 0. The van der Waals surface area contributed by atoms with Gasteiger partial charge >= 0.3 is 0 Å². The van der Waals surface area contributed by atoms with E-state index in [0.29, 0.717) is 0 Å². The molecule has 0 amide bonds. The van der Waals surface area contributed by atoms with Crippen molar-refractivity contribution in [1.29, 1.82) is 0 Å². The van der Waals surface area contributed by atoms with Gasteiger partial charge in [-0.05, 0) is 31.6 Å². The van der Waals surface area contributed by atoms with Crippen molar-refractivity contribution in [3.05, 3.63) is 0 Å². The summed E-state index contributed by atoms with van der Waals surface area (Å²) in [6, 6.07) is 0. The van der Waals surface area contributed by atoms with Crippen molar-refractivity contribution in [2.75, 3.05) is 27.2 Å². The number of unbranched alkanes of at least 4 members (excludes halogenated alkanes) is 10. The molecule has 0 saturated heterocycles. The van der Waals surface area contributed by atoms with E-state index in [9.17, 15) is 0 Å². The van der Waals surface area contributed by atoms with Gasteiger partial charge in [0.25, 0.3) is 0 Å². The highest BCUT2D eigenvalue weighted by molar-refractivity contribution is 4.49. The van der Waals surface area contributed by atoms with E-state index in [2.05, 4.69) is 34.9 Å². The zero-order chi connectivity index (χ0) is 16.7. The Morgan fingerprint density at radius 2 is 1.00 bits per heavy atom. The van der Waals surface area contributed by atoms with Gasteiger partial charge in [0.15, 0.2) is 0 Å². The average molecular weight is 393 g/mol. The van der Waals surface area contributed by atoms with Crippen molar-refractivity contribution in [3.8, 4) is 0 Å². The molecule has 0 saturated carbocycles. The van der Waals surface area contributed by atoms with Crippen LogP contribution >= 0.6 is 0 Å². The predicted octanol–water partition coefficient (Wildman–Crippen LogP) is 3.81. The van der Waals surface area contributed by atoms with Crippen LogP contribution in [0, 0.1) is 5.92 Å². The Balaban J connectivity index is 0. The van der Waals surface area contributed by atoms with E-state index in [0.717, 1.165) is 5.92 Å². The van der Waals surface area contributed by atoms with Crippen LogP contribution in [0.1, 0.15) is 104 Å². The van der Waals surface area contributed by atoms with Gasteiger partial charge in [-0.1, -0.05) is 78.6 Å². The second-order valence-electron chi connectivity index (χ2n) is 8.45. The summed E-state index contributed by atoms with van der Waals surface area (Å²) in [6.07, 6.45) is 18.6. The fourth-order valence-corrected chi connectivity index (χ4v) is 3.23. The highest BCUT2D eigenvalue weighted by atomic mass is 79.9. The van der Waals surface area contributed by atoms with Gasteiger partial charge in [0.2, 0.25) is 0 Å². The maximum atomic E-state index is 2.43. The molecular formula is C21H46BrN. The van der Waals surface area contributed by atoms with Gasteiger partial charge in [-0.15, -0.1) is 0 Å². The minimum atomic E-state index is 0. The van der Waals surface area contributed by atoms with E-state index < -0.39 is 0 Å². The summed E-state index contributed by atoms with van der Waals surface area (Å²) in [5.41, 5.74) is 0. The van der Waals surface area contributed by atoms with Gasteiger partial charge < -0.3 is 21.5 Å². The van der Waals surface area contributed by atoms with Crippen molar-refractivity contribution in [1.82, 2.24) is 0 Å². The number of halogens is 1. The smallest absolute Gasteiger partial charge is 0.0782 e. The number of nitrogens with zero attached hydrogens (tertiary/aromatic N) is 1. The van der Waals surface area contributed by atoms with E-state index in [-0.39, 0.29) is 17.0 Å². The third-order valence-electron chi connectivity index (χ3n) is 4.91. The van der Waals surface area contributed by atoms with E-state index in [1.807, 2.05) is 0 Å². The van der Waals surface area contributed by atoms with Crippen LogP contribution in [0.4, 0.5) is 0 Å². The van der Waals surface area contributed by atoms with Gasteiger partial charge in [-0.25, -0.2) is 0 Å². The minimum absolute atomic E-state index is 0. The van der Waals surface area contributed by atoms with Crippen LogP contribution < -0.4 is 17.0 Å². The maximum Gasteiger partial charge on any atom is 0.0782 e. The first kappa shape index (κ1) is 25.7. The van der Waals surface area contributed by atoms with E-state index >= 15 is 0 Å². The van der Waals surface area contributed by atoms with Crippen LogP contribution in [0.15, 0.2) is 0 Å². The zero-order valence-corrected chi connectivity index (χ0v) is 18.6. The van der Waals surface area contributed by atoms with E-state index in [1.54, 1.807) is 0 Å². The molecule has 0 aromatic carbocycles. The van der Waals surface area contributed by atoms with Crippen molar-refractivity contribution < 1.29 is 21.5 Å². The molecule has 23 heavy (non-hydrogen) atoms. The molecular weight excluding hydrogens is 346 g/mol. The molecule has 1 nitrogen and oxygen atoms in total. The molecule has 0 bridgehead atoms. The summed E-state index contributed by atoms with van der Waals surface area (Å²) in [5, 5.41) is 0. The zero-order valence-electron chi connectivity index (χ0n) is 17.0. The molecule has 0 aliphatic carbocycles. The van der Waals surface area contributed by atoms with E-state index in [1.165, 1.54) is 101 Å². The summed E-state index contributed by atoms with van der Waals surface area (Å²) in [6.45, 7) is 9.72. The molecule has 0 aliphatic rings. The molecule has 0 aliphatic heterocycles. The summed E-state index contributed by atoms with van der Waals surface area (Å²) < 4.78 is 1.24. The van der Waals surface area contributed by atoms with Crippen LogP contribution in [0.5, 0.6) is 0 Å². The Kier molecular flexibility index (Phi) is 19.3. The molecule has 0 aromatic heterocycles. The summed E-state index contributed by atoms with van der Waals surface area (Å²) in [4.78, 5) is 0. The number of hydrogen-bond donors (Lipinski definition) is 0. The standard InChI is InChI=1S/C21H46N.BrH/c1-6-7-8-9-10-11-13-16-19-22(4,5)20-17-14-12-15-18-21(2)3;/h21H,6-20H2,1-5H3;1H/q+1;/p-1. The normalized spacial score (nSPS) is 11.7. The van der Waals surface area contributed by atoms with Crippen molar-refractivity contribution >= 4 is 0 Å². The molecule has 0 spiro atoms. The molecule has 2 heteroatoms. The lowest BCUT2D eigenvalue weighted by Crippen LogP contribution is -3.00. The van der Waals surface area contributed by atoms with Gasteiger partial charge in [0.05, 0.1) is 27.2 Å². The first-order valence-corrected chi connectivity index (χ1v) is 10.3. The SMILES string of the molecule is CCCCCCCCCC[N+](C)(C)CCCCCCC(C)C.[Br-]. The number of rotatable bonds is 16. The summed E-state index contributed by atoms with van der Waals surface area (Å²) in [5.74, 6) is 0.884. The predicted molar refractivity (Wildman–Crippen MR) is 102 cm³/mol. The van der Waals surface area contributed by atoms with Crippen LogP contribution in [0.25, 0.3) is 0 Å². The Hall–Kier alpha value is 0.440. The van der Waals surface area contributed by atoms with Gasteiger partial charge in [-0.2, -0.15) is 0 Å². The van der Waals surface area contributed by atoms with Gasteiger partial charge in [0, 0.05) is 0 Å². The second kappa shape index (κ2) is 17.3. The topological polar surface area (TPSA) is 0 Å². The first-order valence-electron chi connectivity index (χ1n) is 10.3. The fraction of sp³-hybridized carbons (Fsp3) is 1.00. The van der Waals surface area contributed by atoms with Gasteiger partial charge in [-0.3, -0.25) is 0 Å². The molecule has 0 rings (SSSR count). The van der Waals surface area contributed by atoms with E-state index in [4.69, 9.17) is 0 Å². The Morgan fingerprint density at radius 1 is 0.609 bits per heavy atom. The monoisotopic (exact) mass is 391 g/mol. The maximum absolute atomic E-state index is 2.43. The highest BCUT2D eigenvalue weighted by Gasteiger charge is 2.13. The number of hydrogen-bond acceptors (Lipinski definition) is 0. The number of quaternary nitrogens is 1. The molecule has 142 valence electrons. The third-order valence-corrected chi connectivity index (χ3v) is 4.91. The van der Waals surface area contributed by atoms with Crippen molar-refractivity contribution in [2.24, 2.45) is 5.92 Å². The molecule has 0 heterocycles. The lowest BCUT2D eigenvalue weighted by molar-refractivity contribution is -0.890. The van der Waals surface area contributed by atoms with Gasteiger partial charge in [0.1, 0.15) is 0 Å². The average Bonchev–Trinajstić information content (AvgIpc) is 2.45. The molecule has 0 unspecified atom stereocenters. The molecule has 0 aromatic rings. The van der Waals surface area contributed by atoms with Crippen LogP contribution in [-0.2, 0) is 0 Å². The van der Waals surface area contributed by atoms with Crippen molar-refractivity contribution in [3.63, 3.8) is 0 Å². The Labute approximate surface area is 159 Å². The fourth-order valence-electron chi connectivity index (χ4n) is 3.23. The Morgan fingerprint density at radius 3 is 1.43 bits per heavy atom. The second-order valence-corrected chi connectivity index (χ2v) is 8.45. The lowest BCUT2D eigenvalue weighted by Gasteiger charge is -2.30. The minimum Gasteiger partial charge on any atom is -1.00 e. The molecule has 0 N–H and O–H groups in total. The van der Waals surface area contributed by atoms with Crippen LogP contribution in [-0.4, -0.2) is 31.7 Å². The largest absolute Gasteiger partial charge is 1.00 e. The first-order chi connectivity index (χ1) is 10.5. The molecule has 0 atom stereocenters. The third kappa shape index (κ3) is 20.4. The van der Waals surface area contributed by atoms with Crippen LogP contribution in [0.2, 0.25) is 0 Å². The van der Waals surface area contributed by atoms with Crippen LogP contribution in [0.3, 0.4) is 0 Å². The molecule has 0 radical (unpaired) electrons. The lowest BCUT2D eigenvalue weighted by atomic mass is 10.0. The Bertz CT molecular complexity index is 226. The highest BCUT2D eigenvalue weighted by Crippen LogP contribution is 2.13. The molecule has 0 fully saturated rings. The quantitative estimate of drug-likeness (QED) is 0.277.